The van der Waals surface area contributed by atoms with Gasteiger partial charge in [-0.1, -0.05) is 12.6 Å². The number of aromatic nitrogens is 4. The Balaban J connectivity index is 1.86. The average molecular weight is 628 g/mol. The summed E-state index contributed by atoms with van der Waals surface area (Å²) in [4.78, 5) is 42.3. The molecule has 0 spiro atoms. The zero-order chi connectivity index (χ0) is 33.0. The molecule has 14 heteroatoms. The molecule has 0 bridgehead atoms. The lowest BCUT2D eigenvalue weighted by Crippen LogP contribution is -2.58. The predicted molar refractivity (Wildman–Crippen MR) is 160 cm³/mol. The van der Waals surface area contributed by atoms with Gasteiger partial charge in [0, 0.05) is 37.1 Å². The zero-order valence-electron chi connectivity index (χ0n) is 24.9. The zero-order valence-corrected chi connectivity index (χ0v) is 24.9. The van der Waals surface area contributed by atoms with E-state index in [1.807, 2.05) is 0 Å². The van der Waals surface area contributed by atoms with Crippen LogP contribution in [0.2, 0.25) is 0 Å². The number of rotatable bonds is 5. The van der Waals surface area contributed by atoms with E-state index in [1.165, 1.54) is 37.4 Å². The van der Waals surface area contributed by atoms with Gasteiger partial charge in [-0.3, -0.25) is 9.78 Å². The molecular formula is C31H30F5N7O2. The fourth-order valence-electron chi connectivity index (χ4n) is 5.67. The van der Waals surface area contributed by atoms with Crippen molar-refractivity contribution in [3.63, 3.8) is 0 Å². The van der Waals surface area contributed by atoms with Crippen LogP contribution in [0.4, 0.5) is 33.5 Å². The number of hydrogen-bond acceptors (Lipinski definition) is 7. The summed E-state index contributed by atoms with van der Waals surface area (Å²) in [6.45, 7) is 9.90. The van der Waals surface area contributed by atoms with E-state index in [9.17, 15) is 22.8 Å². The maximum absolute atomic E-state index is 15.9. The van der Waals surface area contributed by atoms with Crippen LogP contribution in [-0.4, -0.2) is 61.7 Å². The van der Waals surface area contributed by atoms with Crippen molar-refractivity contribution >= 4 is 28.4 Å². The maximum atomic E-state index is 15.9. The predicted octanol–water partition coefficient (Wildman–Crippen LogP) is 5.29. The number of pyridine rings is 2. The van der Waals surface area contributed by atoms with Crippen molar-refractivity contribution in [1.29, 1.82) is 0 Å². The molecule has 3 atom stereocenters. The summed E-state index contributed by atoms with van der Waals surface area (Å²) in [6, 6.07) is 5.36. The van der Waals surface area contributed by atoms with Crippen molar-refractivity contribution in [2.75, 3.05) is 23.7 Å². The third-order valence-corrected chi connectivity index (χ3v) is 8.08. The summed E-state index contributed by atoms with van der Waals surface area (Å²) in [5.74, 6) is -4.28. The molecule has 1 aliphatic rings. The highest BCUT2D eigenvalue weighted by atomic mass is 19.4. The number of nitrogen functional groups attached to an aromatic ring is 1. The van der Waals surface area contributed by atoms with E-state index in [1.54, 1.807) is 23.6 Å². The molecule has 1 saturated heterocycles. The number of piperazine rings is 1. The number of amides is 1. The molecule has 4 heterocycles. The van der Waals surface area contributed by atoms with Crippen LogP contribution in [0.5, 0.6) is 0 Å². The number of carbonyl (C=O) groups excluding carboxylic acids is 1. The van der Waals surface area contributed by atoms with E-state index >= 15 is 8.78 Å². The second kappa shape index (κ2) is 11.6. The van der Waals surface area contributed by atoms with Crippen LogP contribution in [0.3, 0.4) is 0 Å². The standard InChI is InChI=1S/C31H30F5N7O2/c1-6-23(44)41-13-17(4)42(14-16(41)3)28-19-12-21(33)26(24-20(32)8-7-9-22(24)37)39-29(19)43(30(45)40-28)27-15(2)10-11-38-25(27)18(5)31(34,35)36/h6-12,16-18H,1,13-14,37H2,2-5H3/t16-,17+,18?/m1/s1. The molecule has 45 heavy (non-hydrogen) atoms. The van der Waals surface area contributed by atoms with Gasteiger partial charge in [-0.25, -0.2) is 23.1 Å². The molecule has 1 aliphatic heterocycles. The van der Waals surface area contributed by atoms with Gasteiger partial charge in [0.2, 0.25) is 5.91 Å². The molecule has 236 valence electrons. The van der Waals surface area contributed by atoms with Gasteiger partial charge in [0.1, 0.15) is 17.3 Å². The largest absolute Gasteiger partial charge is 0.398 e. The molecule has 1 fully saturated rings. The van der Waals surface area contributed by atoms with Crippen LogP contribution in [-0.2, 0) is 4.79 Å². The van der Waals surface area contributed by atoms with Crippen molar-refractivity contribution in [3.8, 4) is 16.9 Å². The van der Waals surface area contributed by atoms with Gasteiger partial charge in [0.05, 0.1) is 28.2 Å². The van der Waals surface area contributed by atoms with Crippen molar-refractivity contribution < 1.29 is 26.7 Å². The Morgan fingerprint density at radius 3 is 2.47 bits per heavy atom. The van der Waals surface area contributed by atoms with Gasteiger partial charge in [-0.15, -0.1) is 0 Å². The average Bonchev–Trinajstić information content (AvgIpc) is 2.97. The Morgan fingerprint density at radius 1 is 1.11 bits per heavy atom. The van der Waals surface area contributed by atoms with E-state index in [0.29, 0.717) is 0 Å². The lowest BCUT2D eigenvalue weighted by molar-refractivity contribution is -0.147. The first-order valence-electron chi connectivity index (χ1n) is 14.1. The van der Waals surface area contributed by atoms with E-state index in [0.717, 1.165) is 23.6 Å². The Bertz CT molecular complexity index is 1870. The molecule has 1 aromatic carbocycles. The van der Waals surface area contributed by atoms with Crippen LogP contribution in [0.15, 0.2) is 54.0 Å². The molecule has 2 N–H and O–H groups in total. The highest BCUT2D eigenvalue weighted by molar-refractivity contribution is 5.92. The third kappa shape index (κ3) is 5.49. The van der Waals surface area contributed by atoms with E-state index in [4.69, 9.17) is 5.73 Å². The Morgan fingerprint density at radius 2 is 1.82 bits per heavy atom. The van der Waals surface area contributed by atoms with E-state index in [-0.39, 0.29) is 64.4 Å². The minimum absolute atomic E-state index is 0.00252. The number of benzene rings is 1. The second-order valence-corrected chi connectivity index (χ2v) is 11.1. The quantitative estimate of drug-likeness (QED) is 0.182. The first-order chi connectivity index (χ1) is 21.1. The van der Waals surface area contributed by atoms with Gasteiger partial charge >= 0.3 is 11.9 Å². The number of anilines is 2. The highest BCUT2D eigenvalue weighted by Crippen LogP contribution is 2.39. The number of fused-ring (bicyclic) bond motifs is 1. The lowest BCUT2D eigenvalue weighted by Gasteiger charge is -2.44. The number of halogens is 5. The lowest BCUT2D eigenvalue weighted by atomic mass is 10.0. The molecule has 1 amide bonds. The van der Waals surface area contributed by atoms with Crippen molar-refractivity contribution in [2.24, 2.45) is 0 Å². The van der Waals surface area contributed by atoms with Crippen LogP contribution in [0, 0.1) is 18.6 Å². The number of nitrogens with two attached hydrogens (primary N) is 1. The molecule has 1 unspecified atom stereocenters. The van der Waals surface area contributed by atoms with Crippen LogP contribution in [0.1, 0.15) is 37.9 Å². The fourth-order valence-corrected chi connectivity index (χ4v) is 5.67. The van der Waals surface area contributed by atoms with Crippen LogP contribution < -0.4 is 16.3 Å². The van der Waals surface area contributed by atoms with E-state index in [2.05, 4.69) is 21.5 Å². The van der Waals surface area contributed by atoms with Crippen molar-refractivity contribution in [2.45, 2.75) is 51.9 Å². The minimum atomic E-state index is -4.72. The topological polar surface area (TPSA) is 110 Å². The first kappa shape index (κ1) is 31.5. The molecule has 0 aliphatic carbocycles. The van der Waals surface area contributed by atoms with E-state index < -0.39 is 46.8 Å². The Hall–Kier alpha value is -4.88. The molecular weight excluding hydrogens is 597 g/mol. The normalized spacial score (nSPS) is 17.9. The van der Waals surface area contributed by atoms with Gasteiger partial charge in [-0.05, 0) is 63.6 Å². The van der Waals surface area contributed by atoms with Crippen LogP contribution in [0.25, 0.3) is 28.0 Å². The van der Waals surface area contributed by atoms with Gasteiger partial charge in [-0.2, -0.15) is 18.2 Å². The molecule has 4 aromatic rings. The maximum Gasteiger partial charge on any atom is 0.397 e. The monoisotopic (exact) mass is 627 g/mol. The Labute approximate surface area is 254 Å². The number of nitrogens with zero attached hydrogens (tertiary/aromatic N) is 6. The molecule has 0 saturated carbocycles. The SMILES string of the molecule is C=CC(=O)N1C[C@H](C)N(c2nc(=O)n(-c3c(C)ccnc3C(C)C(F)(F)F)c3nc(-c4c(N)cccc4F)c(F)cc23)C[C@H]1C. The van der Waals surface area contributed by atoms with Gasteiger partial charge in [0.25, 0.3) is 0 Å². The summed E-state index contributed by atoms with van der Waals surface area (Å²) < 4.78 is 73.8. The summed E-state index contributed by atoms with van der Waals surface area (Å²) in [5.41, 5.74) is 3.19. The fraction of sp³-hybridized carbons (Fsp3) is 0.323. The number of alkyl halides is 3. The third-order valence-electron chi connectivity index (χ3n) is 8.08. The number of carbonyl (C=O) groups is 1. The number of hydrogen-bond donors (Lipinski definition) is 1. The summed E-state index contributed by atoms with van der Waals surface area (Å²) in [6.07, 6.45) is -2.33. The molecule has 9 nitrogen and oxygen atoms in total. The molecule has 0 radical (unpaired) electrons. The highest BCUT2D eigenvalue weighted by Gasteiger charge is 2.41. The number of aryl methyl sites for hydroxylation is 1. The molecule has 3 aromatic heterocycles. The van der Waals surface area contributed by atoms with Crippen LogP contribution >= 0.6 is 0 Å². The molecule has 5 rings (SSSR count). The summed E-state index contributed by atoms with van der Waals surface area (Å²) >= 11 is 0. The minimum Gasteiger partial charge on any atom is -0.398 e. The first-order valence-corrected chi connectivity index (χ1v) is 14.1. The van der Waals surface area contributed by atoms with Crippen molar-refractivity contribution in [1.82, 2.24) is 24.4 Å². The van der Waals surface area contributed by atoms with Gasteiger partial charge < -0.3 is 15.5 Å². The Kier molecular flexibility index (Phi) is 8.10. The summed E-state index contributed by atoms with van der Waals surface area (Å²) in [7, 11) is 0. The summed E-state index contributed by atoms with van der Waals surface area (Å²) in [5, 5.41) is -0.0258. The van der Waals surface area contributed by atoms with Crippen molar-refractivity contribution in [3.05, 3.63) is 82.6 Å². The van der Waals surface area contributed by atoms with Gasteiger partial charge in [0.15, 0.2) is 11.5 Å². The second-order valence-electron chi connectivity index (χ2n) is 11.1. The smallest absolute Gasteiger partial charge is 0.397 e.